The lowest BCUT2D eigenvalue weighted by molar-refractivity contribution is 0.0941. The Morgan fingerprint density at radius 3 is 2.67 bits per heavy atom. The standard InChI is InChI=1S/C16H17ClN2O2/c1-10(11-4-3-5-12(17)8-11)19-16(20)14-7-6-13(21-2)9-15(14)18/h3-10H,18H2,1-2H3,(H,19,20)/t10-/m1/s1. The zero-order chi connectivity index (χ0) is 15.4. The molecule has 0 fully saturated rings. The van der Waals surface area contributed by atoms with E-state index in [1.54, 1.807) is 31.4 Å². The minimum atomic E-state index is -0.234. The maximum atomic E-state index is 12.3. The number of nitrogen functional groups attached to an aromatic ring is 1. The number of ether oxygens (including phenoxy) is 1. The zero-order valence-corrected chi connectivity index (χ0v) is 12.6. The summed E-state index contributed by atoms with van der Waals surface area (Å²) in [6.07, 6.45) is 0. The summed E-state index contributed by atoms with van der Waals surface area (Å²) in [6, 6.07) is 12.2. The summed E-state index contributed by atoms with van der Waals surface area (Å²) in [5, 5.41) is 3.54. The Labute approximate surface area is 128 Å². The first-order chi connectivity index (χ1) is 10.0. The van der Waals surface area contributed by atoms with Crippen LogP contribution < -0.4 is 15.8 Å². The second-order valence-electron chi connectivity index (χ2n) is 4.70. The van der Waals surface area contributed by atoms with Crippen molar-refractivity contribution < 1.29 is 9.53 Å². The third-order valence-electron chi connectivity index (χ3n) is 3.20. The minimum absolute atomic E-state index is 0.169. The van der Waals surface area contributed by atoms with Gasteiger partial charge < -0.3 is 15.8 Å². The molecule has 4 nitrogen and oxygen atoms in total. The Kier molecular flexibility index (Phi) is 4.70. The third kappa shape index (κ3) is 3.67. The van der Waals surface area contributed by atoms with Crippen LogP contribution in [0.3, 0.4) is 0 Å². The van der Waals surface area contributed by atoms with E-state index in [4.69, 9.17) is 22.1 Å². The Bertz CT molecular complexity index is 658. The quantitative estimate of drug-likeness (QED) is 0.851. The fourth-order valence-corrected chi connectivity index (χ4v) is 2.21. The summed E-state index contributed by atoms with van der Waals surface area (Å²) in [7, 11) is 1.55. The lowest BCUT2D eigenvalue weighted by atomic mass is 10.1. The van der Waals surface area contributed by atoms with Crippen molar-refractivity contribution in [1.82, 2.24) is 5.32 Å². The maximum absolute atomic E-state index is 12.3. The lowest BCUT2D eigenvalue weighted by Crippen LogP contribution is -2.27. The van der Waals surface area contributed by atoms with E-state index in [9.17, 15) is 4.79 Å². The third-order valence-corrected chi connectivity index (χ3v) is 3.43. The van der Waals surface area contributed by atoms with Gasteiger partial charge in [-0.05, 0) is 36.8 Å². The molecule has 0 aliphatic carbocycles. The van der Waals surface area contributed by atoms with E-state index >= 15 is 0 Å². The van der Waals surface area contributed by atoms with Crippen LogP contribution in [0, 0.1) is 0 Å². The normalized spacial score (nSPS) is 11.8. The zero-order valence-electron chi connectivity index (χ0n) is 11.9. The fourth-order valence-electron chi connectivity index (χ4n) is 2.01. The van der Waals surface area contributed by atoms with Crippen molar-refractivity contribution >= 4 is 23.2 Å². The van der Waals surface area contributed by atoms with Crippen LogP contribution in [0.4, 0.5) is 5.69 Å². The largest absolute Gasteiger partial charge is 0.497 e. The molecule has 110 valence electrons. The molecule has 0 saturated heterocycles. The number of methoxy groups -OCH3 is 1. The summed E-state index contributed by atoms with van der Waals surface area (Å²) < 4.78 is 5.07. The Morgan fingerprint density at radius 1 is 1.29 bits per heavy atom. The van der Waals surface area contributed by atoms with Crippen molar-refractivity contribution in [3.05, 3.63) is 58.6 Å². The SMILES string of the molecule is COc1ccc(C(=O)N[C@H](C)c2cccc(Cl)c2)c(N)c1. The van der Waals surface area contributed by atoms with Gasteiger partial charge in [0.25, 0.3) is 5.91 Å². The highest BCUT2D eigenvalue weighted by molar-refractivity contribution is 6.30. The smallest absolute Gasteiger partial charge is 0.253 e. The molecule has 0 unspecified atom stereocenters. The van der Waals surface area contributed by atoms with Crippen molar-refractivity contribution in [3.8, 4) is 5.75 Å². The summed E-state index contributed by atoms with van der Waals surface area (Å²) >= 11 is 5.95. The summed E-state index contributed by atoms with van der Waals surface area (Å²) in [5.41, 5.74) is 7.61. The summed E-state index contributed by atoms with van der Waals surface area (Å²) in [4.78, 5) is 12.3. The highest BCUT2D eigenvalue weighted by Crippen LogP contribution is 2.21. The van der Waals surface area contributed by atoms with Crippen LogP contribution in [-0.4, -0.2) is 13.0 Å². The second kappa shape index (κ2) is 6.50. The van der Waals surface area contributed by atoms with Crippen molar-refractivity contribution in [1.29, 1.82) is 0 Å². The summed E-state index contributed by atoms with van der Waals surface area (Å²) in [5.74, 6) is 0.384. The number of nitrogens with two attached hydrogens (primary N) is 1. The van der Waals surface area contributed by atoms with Crippen molar-refractivity contribution in [2.45, 2.75) is 13.0 Å². The van der Waals surface area contributed by atoms with Gasteiger partial charge in [0, 0.05) is 16.8 Å². The first-order valence-electron chi connectivity index (χ1n) is 6.51. The Hall–Kier alpha value is -2.20. The van der Waals surface area contributed by atoms with E-state index < -0.39 is 0 Å². The molecule has 1 amide bonds. The molecule has 3 N–H and O–H groups in total. The number of hydrogen-bond donors (Lipinski definition) is 2. The fraction of sp³-hybridized carbons (Fsp3) is 0.188. The molecular weight excluding hydrogens is 288 g/mol. The molecule has 21 heavy (non-hydrogen) atoms. The molecule has 0 saturated carbocycles. The number of nitrogens with one attached hydrogen (secondary N) is 1. The Balaban J connectivity index is 2.14. The van der Waals surface area contributed by atoms with Crippen LogP contribution in [0.15, 0.2) is 42.5 Å². The first kappa shape index (κ1) is 15.2. The summed E-state index contributed by atoms with van der Waals surface area (Å²) in [6.45, 7) is 1.89. The minimum Gasteiger partial charge on any atom is -0.497 e. The Morgan fingerprint density at radius 2 is 2.05 bits per heavy atom. The van der Waals surface area contributed by atoms with Gasteiger partial charge in [-0.25, -0.2) is 0 Å². The van der Waals surface area contributed by atoms with Crippen LogP contribution in [0.2, 0.25) is 5.02 Å². The van der Waals surface area contributed by atoms with Gasteiger partial charge >= 0.3 is 0 Å². The van der Waals surface area contributed by atoms with Crippen LogP contribution in [0.5, 0.6) is 5.75 Å². The van der Waals surface area contributed by atoms with E-state index in [1.807, 2.05) is 25.1 Å². The molecule has 0 bridgehead atoms. The highest BCUT2D eigenvalue weighted by Gasteiger charge is 2.14. The molecule has 2 aromatic rings. The van der Waals surface area contributed by atoms with E-state index in [1.165, 1.54) is 0 Å². The van der Waals surface area contributed by atoms with Crippen LogP contribution in [0.25, 0.3) is 0 Å². The van der Waals surface area contributed by atoms with Gasteiger partial charge in [0.05, 0.1) is 18.7 Å². The molecule has 0 heterocycles. The number of halogens is 1. The number of anilines is 1. The molecule has 1 atom stereocenters. The van der Waals surface area contributed by atoms with E-state index in [2.05, 4.69) is 5.32 Å². The number of hydrogen-bond acceptors (Lipinski definition) is 3. The molecule has 0 aliphatic heterocycles. The molecular formula is C16H17ClN2O2. The molecule has 0 aromatic heterocycles. The molecule has 2 aromatic carbocycles. The maximum Gasteiger partial charge on any atom is 0.253 e. The van der Waals surface area contributed by atoms with Crippen molar-refractivity contribution in [2.75, 3.05) is 12.8 Å². The van der Waals surface area contributed by atoms with Crippen molar-refractivity contribution in [3.63, 3.8) is 0 Å². The van der Waals surface area contributed by atoms with Crippen molar-refractivity contribution in [2.24, 2.45) is 0 Å². The monoisotopic (exact) mass is 304 g/mol. The average Bonchev–Trinajstić information content (AvgIpc) is 2.46. The van der Waals surface area contributed by atoms with Gasteiger partial charge in [-0.15, -0.1) is 0 Å². The van der Waals surface area contributed by atoms with Crippen LogP contribution >= 0.6 is 11.6 Å². The predicted molar refractivity (Wildman–Crippen MR) is 84.7 cm³/mol. The van der Waals surface area contributed by atoms with Gasteiger partial charge in [-0.1, -0.05) is 23.7 Å². The number of carbonyl (C=O) groups excluding carboxylic acids is 1. The van der Waals surface area contributed by atoms with Gasteiger partial charge in [0.1, 0.15) is 5.75 Å². The van der Waals surface area contributed by atoms with Gasteiger partial charge in [-0.2, -0.15) is 0 Å². The highest BCUT2D eigenvalue weighted by atomic mass is 35.5. The molecule has 0 aliphatic rings. The van der Waals surface area contributed by atoms with Gasteiger partial charge in [-0.3, -0.25) is 4.79 Å². The van der Waals surface area contributed by atoms with Crippen LogP contribution in [-0.2, 0) is 0 Å². The molecule has 5 heteroatoms. The van der Waals surface area contributed by atoms with E-state index in [0.717, 1.165) is 5.56 Å². The molecule has 2 rings (SSSR count). The van der Waals surface area contributed by atoms with E-state index in [-0.39, 0.29) is 11.9 Å². The second-order valence-corrected chi connectivity index (χ2v) is 5.14. The first-order valence-corrected chi connectivity index (χ1v) is 6.89. The van der Waals surface area contributed by atoms with Crippen LogP contribution in [0.1, 0.15) is 28.9 Å². The van der Waals surface area contributed by atoms with Gasteiger partial charge in [0.2, 0.25) is 0 Å². The number of carbonyl (C=O) groups is 1. The topological polar surface area (TPSA) is 64.3 Å². The number of benzene rings is 2. The van der Waals surface area contributed by atoms with E-state index in [0.29, 0.717) is 22.0 Å². The number of amides is 1. The lowest BCUT2D eigenvalue weighted by Gasteiger charge is -2.15. The molecule has 0 spiro atoms. The predicted octanol–water partition coefficient (Wildman–Crippen LogP) is 3.42. The average molecular weight is 305 g/mol. The van der Waals surface area contributed by atoms with Gasteiger partial charge in [0.15, 0.2) is 0 Å². The number of rotatable bonds is 4. The molecule has 0 radical (unpaired) electrons.